The lowest BCUT2D eigenvalue weighted by molar-refractivity contribution is -0.0695. The van der Waals surface area contributed by atoms with Gasteiger partial charge in [0.2, 0.25) is 0 Å². The van der Waals surface area contributed by atoms with Crippen molar-refractivity contribution in [2.24, 2.45) is 0 Å². The molecule has 0 unspecified atom stereocenters. The first-order valence-electron chi connectivity index (χ1n) is 6.38. The van der Waals surface area contributed by atoms with E-state index in [0.29, 0.717) is 0 Å². The quantitative estimate of drug-likeness (QED) is 0.796. The minimum absolute atomic E-state index is 0.0521. The van der Waals surface area contributed by atoms with Crippen molar-refractivity contribution in [3.05, 3.63) is 26.6 Å². The van der Waals surface area contributed by atoms with Crippen molar-refractivity contribution in [3.63, 3.8) is 0 Å². The number of hydrogen-bond donors (Lipinski definition) is 1. The molecule has 19 heavy (non-hydrogen) atoms. The van der Waals surface area contributed by atoms with Crippen LogP contribution in [0, 0.1) is 0 Å². The highest BCUT2D eigenvalue weighted by atomic mass is 79.9. The highest BCUT2D eigenvalue weighted by Crippen LogP contribution is 2.35. The molecule has 106 valence electrons. The van der Waals surface area contributed by atoms with E-state index in [1.807, 2.05) is 6.07 Å². The van der Waals surface area contributed by atoms with Gasteiger partial charge in [-0.05, 0) is 47.3 Å². The molecule has 0 amide bonds. The Kier molecular flexibility index (Phi) is 5.29. The number of benzene rings is 1. The van der Waals surface area contributed by atoms with E-state index in [-0.39, 0.29) is 5.60 Å². The zero-order valence-corrected chi connectivity index (χ0v) is 14.4. The molecule has 0 aromatic heterocycles. The third-order valence-electron chi connectivity index (χ3n) is 3.75. The largest absolute Gasteiger partial charge is 0.495 e. The van der Waals surface area contributed by atoms with Crippen LogP contribution < -0.4 is 10.1 Å². The second-order valence-electron chi connectivity index (χ2n) is 4.92. The van der Waals surface area contributed by atoms with Crippen LogP contribution in [-0.2, 0) is 11.3 Å². The summed E-state index contributed by atoms with van der Waals surface area (Å²) < 4.78 is 13.1. The highest BCUT2D eigenvalue weighted by Gasteiger charge is 2.36. The average molecular weight is 393 g/mol. The maximum absolute atomic E-state index is 5.60. The number of methoxy groups -OCH3 is 2. The van der Waals surface area contributed by atoms with Gasteiger partial charge in [-0.2, -0.15) is 0 Å². The van der Waals surface area contributed by atoms with Gasteiger partial charge in [0.05, 0.1) is 17.2 Å². The first kappa shape index (κ1) is 15.3. The van der Waals surface area contributed by atoms with Crippen LogP contribution in [0.3, 0.4) is 0 Å². The summed E-state index contributed by atoms with van der Waals surface area (Å²) in [4.78, 5) is 0. The minimum Gasteiger partial charge on any atom is -0.495 e. The van der Waals surface area contributed by atoms with Gasteiger partial charge in [0, 0.05) is 30.2 Å². The summed E-state index contributed by atoms with van der Waals surface area (Å²) in [7, 11) is 3.50. The maximum atomic E-state index is 5.60. The summed E-state index contributed by atoms with van der Waals surface area (Å²) in [6, 6.07) is 4.07. The predicted octanol–water partition coefficient (Wildman–Crippen LogP) is 3.88. The molecule has 0 radical (unpaired) electrons. The zero-order chi connectivity index (χ0) is 13.9. The number of hydrogen-bond acceptors (Lipinski definition) is 3. The van der Waals surface area contributed by atoms with E-state index in [1.54, 1.807) is 14.2 Å². The molecule has 1 aromatic rings. The molecule has 5 heteroatoms. The average Bonchev–Trinajstić information content (AvgIpc) is 2.32. The molecule has 1 aromatic carbocycles. The number of nitrogens with one attached hydrogen (secondary N) is 1. The Labute approximate surface area is 131 Å². The zero-order valence-electron chi connectivity index (χ0n) is 11.3. The summed E-state index contributed by atoms with van der Waals surface area (Å²) in [6.07, 6.45) is 3.56. The van der Waals surface area contributed by atoms with Crippen LogP contribution in [-0.4, -0.2) is 26.4 Å². The van der Waals surface area contributed by atoms with Crippen molar-refractivity contribution < 1.29 is 9.47 Å². The third kappa shape index (κ3) is 3.51. The Morgan fingerprint density at radius 2 is 2.00 bits per heavy atom. The lowest BCUT2D eigenvalue weighted by atomic mass is 9.80. The van der Waals surface area contributed by atoms with E-state index >= 15 is 0 Å². The standard InChI is InChI=1S/C14H19Br2NO2/c1-18-13-10(6-11(15)7-12(13)16)8-17-9-14(19-2)4-3-5-14/h6-7,17H,3-5,8-9H2,1-2H3. The first-order valence-corrected chi connectivity index (χ1v) is 7.96. The molecule has 1 fully saturated rings. The second-order valence-corrected chi connectivity index (χ2v) is 6.69. The molecule has 0 aliphatic heterocycles. The lowest BCUT2D eigenvalue weighted by Gasteiger charge is -2.40. The van der Waals surface area contributed by atoms with Crippen LogP contribution in [0.2, 0.25) is 0 Å². The monoisotopic (exact) mass is 391 g/mol. The van der Waals surface area contributed by atoms with Crippen molar-refractivity contribution in [1.29, 1.82) is 0 Å². The van der Waals surface area contributed by atoms with Crippen molar-refractivity contribution in [1.82, 2.24) is 5.32 Å². The van der Waals surface area contributed by atoms with Crippen molar-refractivity contribution in [2.75, 3.05) is 20.8 Å². The van der Waals surface area contributed by atoms with E-state index < -0.39 is 0 Å². The molecular weight excluding hydrogens is 374 g/mol. The van der Waals surface area contributed by atoms with E-state index in [9.17, 15) is 0 Å². The van der Waals surface area contributed by atoms with Gasteiger partial charge < -0.3 is 14.8 Å². The van der Waals surface area contributed by atoms with Crippen molar-refractivity contribution in [3.8, 4) is 5.75 Å². The van der Waals surface area contributed by atoms with Gasteiger partial charge in [-0.1, -0.05) is 15.9 Å². The predicted molar refractivity (Wildman–Crippen MR) is 83.7 cm³/mol. The molecule has 1 aliphatic carbocycles. The molecular formula is C14H19Br2NO2. The summed E-state index contributed by atoms with van der Waals surface area (Å²) in [5, 5.41) is 3.48. The SMILES string of the molecule is COc1c(Br)cc(Br)cc1CNCC1(OC)CCC1. The molecule has 3 nitrogen and oxygen atoms in total. The van der Waals surface area contributed by atoms with Crippen LogP contribution in [0.5, 0.6) is 5.75 Å². The smallest absolute Gasteiger partial charge is 0.137 e. The van der Waals surface area contributed by atoms with Crippen LogP contribution in [0.1, 0.15) is 24.8 Å². The maximum Gasteiger partial charge on any atom is 0.137 e. The highest BCUT2D eigenvalue weighted by molar-refractivity contribution is 9.11. The molecule has 1 aliphatic rings. The molecule has 0 saturated heterocycles. The summed E-state index contributed by atoms with van der Waals surface area (Å²) >= 11 is 7.03. The third-order valence-corrected chi connectivity index (χ3v) is 4.80. The fourth-order valence-electron chi connectivity index (χ4n) is 2.42. The van der Waals surface area contributed by atoms with E-state index in [2.05, 4.69) is 43.2 Å². The Hall–Kier alpha value is -0.100. The molecule has 0 heterocycles. The van der Waals surface area contributed by atoms with Gasteiger partial charge in [0.1, 0.15) is 5.75 Å². The Morgan fingerprint density at radius 1 is 1.26 bits per heavy atom. The molecule has 0 bridgehead atoms. The molecule has 0 atom stereocenters. The number of halogens is 2. The van der Waals surface area contributed by atoms with Gasteiger partial charge >= 0.3 is 0 Å². The lowest BCUT2D eigenvalue weighted by Crippen LogP contribution is -2.47. The molecule has 1 N–H and O–H groups in total. The van der Waals surface area contributed by atoms with Crippen molar-refractivity contribution in [2.45, 2.75) is 31.4 Å². The molecule has 1 saturated carbocycles. The topological polar surface area (TPSA) is 30.5 Å². The Morgan fingerprint density at radius 3 is 2.53 bits per heavy atom. The van der Waals surface area contributed by atoms with E-state index in [0.717, 1.165) is 46.2 Å². The van der Waals surface area contributed by atoms with Gasteiger partial charge in [0.25, 0.3) is 0 Å². The fourth-order valence-corrected chi connectivity index (χ4v) is 3.90. The van der Waals surface area contributed by atoms with Crippen molar-refractivity contribution >= 4 is 31.9 Å². The van der Waals surface area contributed by atoms with Gasteiger partial charge in [-0.25, -0.2) is 0 Å². The second kappa shape index (κ2) is 6.57. The van der Waals surface area contributed by atoms with E-state index in [4.69, 9.17) is 9.47 Å². The minimum atomic E-state index is 0.0521. The number of rotatable bonds is 6. The van der Waals surface area contributed by atoms with Crippen LogP contribution in [0.4, 0.5) is 0 Å². The first-order chi connectivity index (χ1) is 9.10. The summed E-state index contributed by atoms with van der Waals surface area (Å²) in [5.41, 5.74) is 1.19. The summed E-state index contributed by atoms with van der Waals surface area (Å²) in [6.45, 7) is 1.66. The Balaban J connectivity index is 1.99. The fraction of sp³-hybridized carbons (Fsp3) is 0.571. The van der Waals surface area contributed by atoms with Crippen LogP contribution in [0.15, 0.2) is 21.1 Å². The molecule has 0 spiro atoms. The Bertz CT molecular complexity index is 442. The van der Waals surface area contributed by atoms with Gasteiger partial charge in [-0.15, -0.1) is 0 Å². The molecule has 2 rings (SSSR count). The normalized spacial score (nSPS) is 17.1. The summed E-state index contributed by atoms with van der Waals surface area (Å²) in [5.74, 6) is 0.885. The van der Waals surface area contributed by atoms with E-state index in [1.165, 1.54) is 6.42 Å². The van der Waals surface area contributed by atoms with Crippen LogP contribution in [0.25, 0.3) is 0 Å². The van der Waals surface area contributed by atoms with Crippen LogP contribution >= 0.6 is 31.9 Å². The van der Waals surface area contributed by atoms with Gasteiger partial charge in [0.15, 0.2) is 0 Å². The van der Waals surface area contributed by atoms with Gasteiger partial charge in [-0.3, -0.25) is 0 Å². The number of ether oxygens (including phenoxy) is 2.